The third-order valence-electron chi connectivity index (χ3n) is 3.48. The van der Waals surface area contributed by atoms with Gasteiger partial charge < -0.3 is 9.47 Å². The number of nitrogens with zero attached hydrogens (tertiary/aromatic N) is 1. The Kier molecular flexibility index (Phi) is 7.75. The molecule has 118 valence electrons. The Bertz CT molecular complexity index is 461. The van der Waals surface area contributed by atoms with Crippen LogP contribution in [0.4, 0.5) is 0 Å². The number of hydrogen-bond donors (Lipinski definition) is 0. The number of carbonyl (C=O) groups is 1. The van der Waals surface area contributed by atoms with Crippen LogP contribution in [0.15, 0.2) is 22.7 Å². The van der Waals surface area contributed by atoms with Gasteiger partial charge in [-0.25, -0.2) is 0 Å². The Morgan fingerprint density at radius 1 is 1.29 bits per heavy atom. The molecular formula is C16H24BrNO3. The summed E-state index contributed by atoms with van der Waals surface area (Å²) in [5, 5.41) is 0. The number of rotatable bonds is 8. The molecule has 0 saturated carbocycles. The monoisotopic (exact) mass is 357 g/mol. The van der Waals surface area contributed by atoms with Crippen molar-refractivity contribution in [2.75, 3.05) is 26.8 Å². The van der Waals surface area contributed by atoms with Crippen LogP contribution in [0.5, 0.6) is 5.75 Å². The first-order chi connectivity index (χ1) is 10.1. The van der Waals surface area contributed by atoms with E-state index in [0.29, 0.717) is 13.0 Å². The molecule has 1 rings (SSSR count). The van der Waals surface area contributed by atoms with Gasteiger partial charge in [0.2, 0.25) is 0 Å². The summed E-state index contributed by atoms with van der Waals surface area (Å²) in [4.78, 5) is 14.1. The lowest BCUT2D eigenvalue weighted by atomic mass is 10.0. The van der Waals surface area contributed by atoms with E-state index in [4.69, 9.17) is 9.47 Å². The molecule has 1 atom stereocenters. The number of esters is 1. The van der Waals surface area contributed by atoms with E-state index in [0.717, 1.165) is 28.9 Å². The first-order valence-corrected chi connectivity index (χ1v) is 8.09. The minimum atomic E-state index is -0.165. The lowest BCUT2D eigenvalue weighted by Crippen LogP contribution is -2.30. The van der Waals surface area contributed by atoms with Gasteiger partial charge in [-0.05, 0) is 53.6 Å². The van der Waals surface area contributed by atoms with Crippen LogP contribution in [0.2, 0.25) is 0 Å². The van der Waals surface area contributed by atoms with E-state index >= 15 is 0 Å². The molecule has 0 amide bonds. The van der Waals surface area contributed by atoms with Gasteiger partial charge in [-0.15, -0.1) is 0 Å². The van der Waals surface area contributed by atoms with Crippen molar-refractivity contribution in [2.24, 2.45) is 0 Å². The molecule has 0 aliphatic heterocycles. The smallest absolute Gasteiger partial charge is 0.307 e. The van der Waals surface area contributed by atoms with Crippen molar-refractivity contribution in [3.05, 3.63) is 28.2 Å². The Balaban J connectivity index is 3.04. The first-order valence-electron chi connectivity index (χ1n) is 7.30. The van der Waals surface area contributed by atoms with Crippen LogP contribution < -0.4 is 4.74 Å². The van der Waals surface area contributed by atoms with Gasteiger partial charge in [-0.2, -0.15) is 0 Å². The lowest BCUT2D eigenvalue weighted by molar-refractivity contribution is -0.144. The molecule has 0 heterocycles. The minimum absolute atomic E-state index is 0.0151. The van der Waals surface area contributed by atoms with Gasteiger partial charge in [0.1, 0.15) is 5.75 Å². The maximum Gasteiger partial charge on any atom is 0.307 e. The number of halogens is 1. The SMILES string of the molecule is CCOC(=O)CC(c1ccc(OC)c(Br)c1)N(CC)CC. The zero-order valence-corrected chi connectivity index (χ0v) is 14.8. The van der Waals surface area contributed by atoms with Gasteiger partial charge in [0, 0.05) is 6.04 Å². The molecule has 0 aromatic heterocycles. The molecular weight excluding hydrogens is 334 g/mol. The molecule has 0 spiro atoms. The third kappa shape index (κ3) is 5.00. The molecule has 5 heteroatoms. The van der Waals surface area contributed by atoms with Crippen molar-refractivity contribution in [1.29, 1.82) is 0 Å². The Hall–Kier alpha value is -1.07. The molecule has 0 N–H and O–H groups in total. The summed E-state index contributed by atoms with van der Waals surface area (Å²) in [5.74, 6) is 0.620. The van der Waals surface area contributed by atoms with Gasteiger partial charge >= 0.3 is 5.97 Å². The molecule has 0 fully saturated rings. The summed E-state index contributed by atoms with van der Waals surface area (Å²) >= 11 is 3.51. The molecule has 1 aromatic carbocycles. The van der Waals surface area contributed by atoms with Crippen LogP contribution in [0, 0.1) is 0 Å². The van der Waals surface area contributed by atoms with Gasteiger partial charge in [0.25, 0.3) is 0 Å². The van der Waals surface area contributed by atoms with E-state index in [1.807, 2.05) is 25.1 Å². The van der Waals surface area contributed by atoms with Crippen LogP contribution in [0.3, 0.4) is 0 Å². The zero-order chi connectivity index (χ0) is 15.8. The van der Waals surface area contributed by atoms with Crippen molar-refractivity contribution in [3.63, 3.8) is 0 Å². The second-order valence-electron chi connectivity index (χ2n) is 4.64. The van der Waals surface area contributed by atoms with Crippen LogP contribution >= 0.6 is 15.9 Å². The summed E-state index contributed by atoms with van der Waals surface area (Å²) in [6, 6.07) is 5.95. The van der Waals surface area contributed by atoms with E-state index in [1.165, 1.54) is 0 Å². The minimum Gasteiger partial charge on any atom is -0.496 e. The fraction of sp³-hybridized carbons (Fsp3) is 0.562. The second kappa shape index (κ2) is 9.05. The number of carbonyl (C=O) groups excluding carboxylic acids is 1. The molecule has 1 aromatic rings. The van der Waals surface area contributed by atoms with E-state index in [2.05, 4.69) is 34.7 Å². The summed E-state index contributed by atoms with van der Waals surface area (Å²) in [7, 11) is 1.64. The topological polar surface area (TPSA) is 38.8 Å². The highest BCUT2D eigenvalue weighted by Crippen LogP contribution is 2.32. The highest BCUT2D eigenvalue weighted by atomic mass is 79.9. The largest absolute Gasteiger partial charge is 0.496 e. The normalized spacial score (nSPS) is 12.3. The highest BCUT2D eigenvalue weighted by Gasteiger charge is 2.22. The maximum absolute atomic E-state index is 11.9. The Morgan fingerprint density at radius 2 is 1.95 bits per heavy atom. The number of benzene rings is 1. The molecule has 1 unspecified atom stereocenters. The summed E-state index contributed by atoms with van der Waals surface area (Å²) < 4.78 is 11.3. The average Bonchev–Trinajstić information content (AvgIpc) is 2.47. The number of hydrogen-bond acceptors (Lipinski definition) is 4. The van der Waals surface area contributed by atoms with Gasteiger partial charge in [0.05, 0.1) is 24.6 Å². The zero-order valence-electron chi connectivity index (χ0n) is 13.2. The van der Waals surface area contributed by atoms with Gasteiger partial charge in [0.15, 0.2) is 0 Å². The summed E-state index contributed by atoms with van der Waals surface area (Å²) in [6.07, 6.45) is 0.355. The van der Waals surface area contributed by atoms with Gasteiger partial charge in [-0.1, -0.05) is 19.9 Å². The number of methoxy groups -OCH3 is 1. The summed E-state index contributed by atoms with van der Waals surface area (Å²) in [6.45, 7) is 8.19. The van der Waals surface area contributed by atoms with Crippen LogP contribution in [-0.2, 0) is 9.53 Å². The molecule has 21 heavy (non-hydrogen) atoms. The fourth-order valence-electron chi connectivity index (χ4n) is 2.39. The standard InChI is InChI=1S/C16H24BrNO3/c1-5-18(6-2)14(11-16(19)21-7-3)12-8-9-15(20-4)13(17)10-12/h8-10,14H,5-7,11H2,1-4H3. The Labute approximate surface area is 135 Å². The van der Waals surface area contributed by atoms with Crippen molar-refractivity contribution >= 4 is 21.9 Å². The lowest BCUT2D eigenvalue weighted by Gasteiger charge is -2.29. The van der Waals surface area contributed by atoms with E-state index < -0.39 is 0 Å². The van der Waals surface area contributed by atoms with Gasteiger partial charge in [-0.3, -0.25) is 9.69 Å². The van der Waals surface area contributed by atoms with Crippen molar-refractivity contribution in [1.82, 2.24) is 4.90 Å². The van der Waals surface area contributed by atoms with Crippen molar-refractivity contribution in [2.45, 2.75) is 33.2 Å². The molecule has 0 aliphatic carbocycles. The fourth-order valence-corrected chi connectivity index (χ4v) is 2.95. The third-order valence-corrected chi connectivity index (χ3v) is 4.10. The maximum atomic E-state index is 11.9. The predicted molar refractivity (Wildman–Crippen MR) is 87.6 cm³/mol. The van der Waals surface area contributed by atoms with Crippen LogP contribution in [0.25, 0.3) is 0 Å². The molecule has 0 aliphatic rings. The highest BCUT2D eigenvalue weighted by molar-refractivity contribution is 9.10. The summed E-state index contributed by atoms with van der Waals surface area (Å²) in [5.41, 5.74) is 1.08. The Morgan fingerprint density at radius 3 is 2.43 bits per heavy atom. The van der Waals surface area contributed by atoms with Crippen LogP contribution in [0.1, 0.15) is 38.8 Å². The van der Waals surface area contributed by atoms with E-state index in [1.54, 1.807) is 7.11 Å². The predicted octanol–water partition coefficient (Wildman–Crippen LogP) is 3.79. The van der Waals surface area contributed by atoms with Crippen molar-refractivity contribution in [3.8, 4) is 5.75 Å². The molecule has 4 nitrogen and oxygen atoms in total. The second-order valence-corrected chi connectivity index (χ2v) is 5.49. The molecule has 0 radical (unpaired) electrons. The number of ether oxygens (including phenoxy) is 2. The quantitative estimate of drug-likeness (QED) is 0.663. The van der Waals surface area contributed by atoms with E-state index in [9.17, 15) is 4.79 Å². The molecule has 0 bridgehead atoms. The molecule has 0 saturated heterocycles. The van der Waals surface area contributed by atoms with Crippen LogP contribution in [-0.4, -0.2) is 37.7 Å². The van der Waals surface area contributed by atoms with Crippen molar-refractivity contribution < 1.29 is 14.3 Å². The van der Waals surface area contributed by atoms with E-state index in [-0.39, 0.29) is 12.0 Å². The average molecular weight is 358 g/mol. The first kappa shape index (κ1) is 18.0.